The number of halogens is 1. The molecule has 0 aromatic heterocycles. The molecule has 4 heteroatoms. The van der Waals surface area contributed by atoms with Crippen molar-refractivity contribution in [2.45, 2.75) is 6.42 Å². The summed E-state index contributed by atoms with van der Waals surface area (Å²) >= 11 is 5.87. The van der Waals surface area contributed by atoms with Crippen LogP contribution in [0.5, 0.6) is 0 Å². The first-order valence-electron chi connectivity index (χ1n) is 4.20. The summed E-state index contributed by atoms with van der Waals surface area (Å²) in [7, 11) is 0. The Morgan fingerprint density at radius 1 is 1.60 bits per heavy atom. The molecule has 0 amide bonds. The van der Waals surface area contributed by atoms with Crippen LogP contribution < -0.4 is 0 Å². The van der Waals surface area contributed by atoms with Crippen molar-refractivity contribution in [2.24, 2.45) is 0 Å². The third kappa shape index (κ3) is 3.45. The highest BCUT2D eigenvalue weighted by molar-refractivity contribution is 6.31. The minimum atomic E-state index is -0.919. The van der Waals surface area contributed by atoms with Gasteiger partial charge >= 0.3 is 5.97 Å². The van der Waals surface area contributed by atoms with E-state index in [-0.39, 0.29) is 6.42 Å². The Bertz CT molecular complexity index is 446. The number of carboxylic acids is 1. The standard InChI is InChI=1S/C11H8ClNO2/c12-10-6-8(2-1-5-13)3-4-9(10)7-11(14)15/h1-4,6H,7H2,(H,14,15). The maximum absolute atomic E-state index is 10.5. The second-order valence-electron chi connectivity index (χ2n) is 2.88. The molecule has 0 radical (unpaired) electrons. The summed E-state index contributed by atoms with van der Waals surface area (Å²) in [5.74, 6) is -0.919. The number of hydrogen-bond donors (Lipinski definition) is 1. The fourth-order valence-electron chi connectivity index (χ4n) is 1.11. The second kappa shape index (κ2) is 5.18. The molecule has 0 aliphatic carbocycles. The summed E-state index contributed by atoms with van der Waals surface area (Å²) in [5.41, 5.74) is 1.34. The second-order valence-corrected chi connectivity index (χ2v) is 3.29. The van der Waals surface area contributed by atoms with Crippen molar-refractivity contribution >= 4 is 23.6 Å². The number of allylic oxidation sites excluding steroid dienone is 1. The zero-order chi connectivity index (χ0) is 11.3. The van der Waals surface area contributed by atoms with E-state index in [2.05, 4.69) is 0 Å². The van der Waals surface area contributed by atoms with E-state index in [1.54, 1.807) is 24.3 Å². The molecule has 0 fully saturated rings. The van der Waals surface area contributed by atoms with Crippen LogP contribution in [0.1, 0.15) is 11.1 Å². The lowest BCUT2D eigenvalue weighted by Gasteiger charge is -2.01. The third-order valence-corrected chi connectivity index (χ3v) is 2.12. The number of rotatable bonds is 3. The molecule has 0 aliphatic heterocycles. The predicted octanol–water partition coefficient (Wildman–Crippen LogP) is 2.50. The van der Waals surface area contributed by atoms with Crippen LogP contribution in [0.4, 0.5) is 0 Å². The van der Waals surface area contributed by atoms with Gasteiger partial charge in [0.25, 0.3) is 0 Å². The molecule has 1 aromatic carbocycles. The Morgan fingerprint density at radius 3 is 2.87 bits per heavy atom. The highest BCUT2D eigenvalue weighted by atomic mass is 35.5. The number of nitrogens with zero attached hydrogens (tertiary/aromatic N) is 1. The molecule has 0 spiro atoms. The largest absolute Gasteiger partial charge is 0.481 e. The Morgan fingerprint density at radius 2 is 2.33 bits per heavy atom. The minimum absolute atomic E-state index is 0.0962. The summed E-state index contributed by atoms with van der Waals surface area (Å²) in [6.07, 6.45) is 2.85. The first-order chi connectivity index (χ1) is 7.13. The van der Waals surface area contributed by atoms with Crippen molar-refractivity contribution < 1.29 is 9.90 Å². The molecule has 0 aliphatic rings. The Labute approximate surface area is 92.2 Å². The van der Waals surface area contributed by atoms with Crippen LogP contribution in [-0.4, -0.2) is 11.1 Å². The quantitative estimate of drug-likeness (QED) is 0.798. The van der Waals surface area contributed by atoms with E-state index in [9.17, 15) is 4.79 Å². The van der Waals surface area contributed by atoms with Gasteiger partial charge in [-0.1, -0.05) is 23.7 Å². The molecule has 76 valence electrons. The predicted molar refractivity (Wildman–Crippen MR) is 57.4 cm³/mol. The molecule has 1 N–H and O–H groups in total. The van der Waals surface area contributed by atoms with Crippen LogP contribution in [0, 0.1) is 11.3 Å². The van der Waals surface area contributed by atoms with E-state index < -0.39 is 5.97 Å². The van der Waals surface area contributed by atoms with Gasteiger partial charge in [-0.05, 0) is 23.3 Å². The number of hydrogen-bond acceptors (Lipinski definition) is 2. The van der Waals surface area contributed by atoms with Crippen molar-refractivity contribution in [3.05, 3.63) is 40.4 Å². The van der Waals surface area contributed by atoms with Gasteiger partial charge in [-0.2, -0.15) is 5.26 Å². The van der Waals surface area contributed by atoms with Crippen molar-refractivity contribution in [1.29, 1.82) is 5.26 Å². The maximum Gasteiger partial charge on any atom is 0.307 e. The van der Waals surface area contributed by atoms with E-state index in [1.807, 2.05) is 6.07 Å². The molecule has 0 saturated heterocycles. The van der Waals surface area contributed by atoms with Gasteiger partial charge in [0, 0.05) is 11.1 Å². The molecule has 0 heterocycles. The zero-order valence-electron chi connectivity index (χ0n) is 7.77. The van der Waals surface area contributed by atoms with E-state index in [4.69, 9.17) is 22.0 Å². The zero-order valence-corrected chi connectivity index (χ0v) is 8.53. The van der Waals surface area contributed by atoms with Crippen LogP contribution in [0.2, 0.25) is 5.02 Å². The summed E-state index contributed by atoms with van der Waals surface area (Å²) in [6, 6.07) is 6.86. The van der Waals surface area contributed by atoms with Gasteiger partial charge in [-0.3, -0.25) is 4.79 Å². The van der Waals surface area contributed by atoms with E-state index in [1.165, 1.54) is 6.08 Å². The Balaban J connectivity index is 2.93. The number of benzene rings is 1. The van der Waals surface area contributed by atoms with Gasteiger partial charge in [-0.25, -0.2) is 0 Å². The van der Waals surface area contributed by atoms with Crippen molar-refractivity contribution in [1.82, 2.24) is 0 Å². The van der Waals surface area contributed by atoms with Gasteiger partial charge in [0.2, 0.25) is 0 Å². The number of aliphatic carboxylic acids is 1. The minimum Gasteiger partial charge on any atom is -0.481 e. The normalized spacial score (nSPS) is 10.1. The van der Waals surface area contributed by atoms with E-state index in [0.29, 0.717) is 10.6 Å². The van der Waals surface area contributed by atoms with Crippen molar-refractivity contribution in [2.75, 3.05) is 0 Å². The van der Waals surface area contributed by atoms with Crippen LogP contribution in [0.25, 0.3) is 6.08 Å². The fraction of sp³-hybridized carbons (Fsp3) is 0.0909. The lowest BCUT2D eigenvalue weighted by Crippen LogP contribution is -2.00. The molecule has 1 aromatic rings. The Kier molecular flexibility index (Phi) is 3.90. The van der Waals surface area contributed by atoms with Crippen LogP contribution in [-0.2, 0) is 11.2 Å². The van der Waals surface area contributed by atoms with Crippen molar-refractivity contribution in [3.63, 3.8) is 0 Å². The number of carbonyl (C=O) groups is 1. The molecule has 0 unspecified atom stereocenters. The summed E-state index contributed by atoms with van der Waals surface area (Å²) in [4.78, 5) is 10.5. The van der Waals surface area contributed by atoms with Gasteiger partial charge < -0.3 is 5.11 Å². The molecular formula is C11H8ClNO2. The van der Waals surface area contributed by atoms with Crippen molar-refractivity contribution in [3.8, 4) is 6.07 Å². The van der Waals surface area contributed by atoms with Crippen LogP contribution in [0.15, 0.2) is 24.3 Å². The van der Waals surface area contributed by atoms with Gasteiger partial charge in [0.15, 0.2) is 0 Å². The fourth-order valence-corrected chi connectivity index (χ4v) is 1.36. The SMILES string of the molecule is N#CC=Cc1ccc(CC(=O)O)c(Cl)c1. The van der Waals surface area contributed by atoms with Crippen LogP contribution >= 0.6 is 11.6 Å². The maximum atomic E-state index is 10.5. The number of nitriles is 1. The highest BCUT2D eigenvalue weighted by Crippen LogP contribution is 2.19. The third-order valence-electron chi connectivity index (χ3n) is 1.77. The summed E-state index contributed by atoms with van der Waals surface area (Å²) in [6.45, 7) is 0. The smallest absolute Gasteiger partial charge is 0.307 e. The molecule has 0 atom stereocenters. The van der Waals surface area contributed by atoms with Gasteiger partial charge in [0.1, 0.15) is 0 Å². The average molecular weight is 222 g/mol. The van der Waals surface area contributed by atoms with Gasteiger partial charge in [0.05, 0.1) is 12.5 Å². The van der Waals surface area contributed by atoms with E-state index in [0.717, 1.165) is 5.56 Å². The molecule has 1 rings (SSSR count). The van der Waals surface area contributed by atoms with Gasteiger partial charge in [-0.15, -0.1) is 0 Å². The molecule has 3 nitrogen and oxygen atoms in total. The summed E-state index contributed by atoms with van der Waals surface area (Å²) in [5, 5.41) is 17.3. The van der Waals surface area contributed by atoms with E-state index >= 15 is 0 Å². The summed E-state index contributed by atoms with van der Waals surface area (Å²) < 4.78 is 0. The average Bonchev–Trinajstić information content (AvgIpc) is 2.18. The molecule has 15 heavy (non-hydrogen) atoms. The first kappa shape index (κ1) is 11.3. The monoisotopic (exact) mass is 221 g/mol. The molecular weight excluding hydrogens is 214 g/mol. The molecule has 0 saturated carbocycles. The lowest BCUT2D eigenvalue weighted by molar-refractivity contribution is -0.136. The first-order valence-corrected chi connectivity index (χ1v) is 4.57. The van der Waals surface area contributed by atoms with Crippen LogP contribution in [0.3, 0.4) is 0 Å². The lowest BCUT2D eigenvalue weighted by atomic mass is 10.1. The Hall–Kier alpha value is -1.79. The topological polar surface area (TPSA) is 61.1 Å². The molecule has 0 bridgehead atoms. The highest BCUT2D eigenvalue weighted by Gasteiger charge is 2.05. The number of carboxylic acid groups (broad SMARTS) is 1.